The molecule has 0 saturated carbocycles. The minimum atomic E-state index is -0.180. The van der Waals surface area contributed by atoms with E-state index in [1.807, 2.05) is 53.9 Å². The van der Waals surface area contributed by atoms with Crippen LogP contribution in [0.5, 0.6) is 5.75 Å². The van der Waals surface area contributed by atoms with Gasteiger partial charge in [-0.1, -0.05) is 18.2 Å². The van der Waals surface area contributed by atoms with Crippen LogP contribution in [-0.2, 0) is 16.0 Å². The highest BCUT2D eigenvalue weighted by Gasteiger charge is 2.17. The Labute approximate surface area is 237 Å². The van der Waals surface area contributed by atoms with E-state index in [-0.39, 0.29) is 30.8 Å². The number of benzene rings is 2. The van der Waals surface area contributed by atoms with Crippen molar-refractivity contribution in [1.82, 2.24) is 15.0 Å². The molecule has 4 heterocycles. The Morgan fingerprint density at radius 2 is 1.95 bits per heavy atom. The fourth-order valence-corrected chi connectivity index (χ4v) is 5.46. The van der Waals surface area contributed by atoms with E-state index in [9.17, 15) is 9.59 Å². The second kappa shape index (κ2) is 11.6. The summed E-state index contributed by atoms with van der Waals surface area (Å²) in [5, 5.41) is 10.9. The van der Waals surface area contributed by atoms with Crippen LogP contribution >= 0.6 is 35.1 Å². The van der Waals surface area contributed by atoms with Gasteiger partial charge < -0.3 is 20.7 Å². The van der Waals surface area contributed by atoms with E-state index >= 15 is 0 Å². The van der Waals surface area contributed by atoms with Gasteiger partial charge in [0.15, 0.2) is 6.61 Å². The third-order valence-electron chi connectivity index (χ3n) is 5.66. The summed E-state index contributed by atoms with van der Waals surface area (Å²) < 4.78 is 5.50. The van der Waals surface area contributed by atoms with E-state index in [1.165, 1.54) is 11.3 Å². The molecule has 6 rings (SSSR count). The van der Waals surface area contributed by atoms with E-state index in [1.54, 1.807) is 35.2 Å². The van der Waals surface area contributed by atoms with Crippen molar-refractivity contribution in [2.45, 2.75) is 6.42 Å². The Morgan fingerprint density at radius 3 is 2.82 bits per heavy atom. The Bertz CT molecular complexity index is 1640. The summed E-state index contributed by atoms with van der Waals surface area (Å²) in [6.45, 7) is -0.0177. The second-order valence-electron chi connectivity index (χ2n) is 8.35. The second-order valence-corrected chi connectivity index (χ2v) is 10.2. The smallest absolute Gasteiger partial charge is 0.262 e. The normalized spacial score (nSPS) is 11.9. The lowest BCUT2D eigenvalue weighted by molar-refractivity contribution is -0.118. The van der Waals surface area contributed by atoms with Crippen LogP contribution in [-0.4, -0.2) is 33.4 Å². The molecular weight excluding hydrogens is 556 g/mol. The fraction of sp³-hybridized carbons (Fsp3) is 0.0741. The van der Waals surface area contributed by atoms with Crippen LogP contribution < -0.4 is 20.7 Å². The molecule has 0 atom stereocenters. The number of thiazole rings is 1. The molecule has 1 aliphatic rings. The molecule has 3 aromatic heterocycles. The van der Waals surface area contributed by atoms with Crippen molar-refractivity contribution in [3.63, 3.8) is 0 Å². The topological polar surface area (TPSA) is 118 Å². The van der Waals surface area contributed by atoms with E-state index in [2.05, 4.69) is 25.9 Å². The molecule has 0 saturated heterocycles. The maximum absolute atomic E-state index is 12.5. The lowest BCUT2D eigenvalue weighted by Crippen LogP contribution is -2.25. The van der Waals surface area contributed by atoms with Crippen molar-refractivity contribution in [1.29, 1.82) is 0 Å². The average molecular weight is 577 g/mol. The van der Waals surface area contributed by atoms with Gasteiger partial charge in [0, 0.05) is 34.1 Å². The Balaban J connectivity index is 0.00000308. The number of rotatable bonds is 7. The first-order chi connectivity index (χ1) is 18.6. The van der Waals surface area contributed by atoms with Gasteiger partial charge in [-0.25, -0.2) is 15.0 Å². The number of thiophene rings is 1. The van der Waals surface area contributed by atoms with Gasteiger partial charge in [-0.05, 0) is 41.8 Å². The molecule has 9 nitrogen and oxygen atoms in total. The molecule has 1 aliphatic heterocycles. The monoisotopic (exact) mass is 576 g/mol. The van der Waals surface area contributed by atoms with Gasteiger partial charge in [-0.2, -0.15) is 0 Å². The van der Waals surface area contributed by atoms with Crippen LogP contribution in [0.2, 0.25) is 0 Å². The van der Waals surface area contributed by atoms with Gasteiger partial charge in [-0.3, -0.25) is 9.59 Å². The van der Waals surface area contributed by atoms with Crippen LogP contribution in [0.15, 0.2) is 77.8 Å². The standard InChI is InChI=1S/C27H20N6O3S2.ClH/c34-23(13-19-5-2-10-37-19)30-17-4-1-3-16(11-17)25-26(38-15-29-25)21-8-9-28-27(33-21)31-18-6-7-20-22(12-18)36-14-24(35)32-20;/h1-12,15H,13-14H2,(H,30,34)(H,32,35)(H,28,31,33);1H. The number of ether oxygens (including phenoxy) is 1. The summed E-state index contributed by atoms with van der Waals surface area (Å²) in [6, 6.07) is 18.7. The van der Waals surface area contributed by atoms with Crippen LogP contribution in [0.4, 0.5) is 23.0 Å². The van der Waals surface area contributed by atoms with E-state index in [4.69, 9.17) is 9.72 Å². The predicted molar refractivity (Wildman–Crippen MR) is 156 cm³/mol. The molecule has 0 spiro atoms. The lowest BCUT2D eigenvalue weighted by atomic mass is 10.1. The number of fused-ring (bicyclic) bond motifs is 1. The van der Waals surface area contributed by atoms with Crippen LogP contribution in [0.1, 0.15) is 4.88 Å². The largest absolute Gasteiger partial charge is 0.482 e. The summed E-state index contributed by atoms with van der Waals surface area (Å²) in [6.07, 6.45) is 2.02. The number of hydrogen-bond acceptors (Lipinski definition) is 9. The molecule has 2 aromatic carbocycles. The molecule has 3 N–H and O–H groups in total. The number of nitrogens with zero attached hydrogens (tertiary/aromatic N) is 3. The molecule has 0 aliphatic carbocycles. The summed E-state index contributed by atoms with van der Waals surface area (Å²) in [5.74, 6) is 0.750. The SMILES string of the molecule is Cl.O=C(Cc1cccs1)Nc1cccc(-c2ncsc2-c2ccnc(Nc3ccc4c(c3)OCC(=O)N4)n2)c1. The third-order valence-corrected chi connectivity index (χ3v) is 7.39. The van der Waals surface area contributed by atoms with Crippen molar-refractivity contribution in [2.75, 3.05) is 22.6 Å². The highest BCUT2D eigenvalue weighted by atomic mass is 35.5. The van der Waals surface area contributed by atoms with Gasteiger partial charge >= 0.3 is 0 Å². The number of carbonyl (C=O) groups excluding carboxylic acids is 2. The van der Waals surface area contributed by atoms with Gasteiger partial charge in [0.25, 0.3) is 5.91 Å². The summed E-state index contributed by atoms with van der Waals surface area (Å²) >= 11 is 3.04. The molecule has 5 aromatic rings. The zero-order chi connectivity index (χ0) is 25.9. The van der Waals surface area contributed by atoms with Gasteiger partial charge in [-0.15, -0.1) is 35.1 Å². The number of carbonyl (C=O) groups is 2. The quantitative estimate of drug-likeness (QED) is 0.217. The summed E-state index contributed by atoms with van der Waals surface area (Å²) in [4.78, 5) is 39.5. The summed E-state index contributed by atoms with van der Waals surface area (Å²) in [7, 11) is 0. The maximum atomic E-state index is 12.5. The van der Waals surface area contributed by atoms with Crippen molar-refractivity contribution in [2.24, 2.45) is 0 Å². The van der Waals surface area contributed by atoms with Crippen molar-refractivity contribution >= 4 is 69.9 Å². The number of nitrogens with one attached hydrogen (secondary N) is 3. The number of anilines is 4. The molecule has 0 fully saturated rings. The Morgan fingerprint density at radius 1 is 1.03 bits per heavy atom. The maximum Gasteiger partial charge on any atom is 0.262 e. The average Bonchev–Trinajstić information content (AvgIpc) is 3.62. The third kappa shape index (κ3) is 6.06. The van der Waals surface area contributed by atoms with Crippen LogP contribution in [0, 0.1) is 0 Å². The van der Waals surface area contributed by atoms with Crippen LogP contribution in [0.25, 0.3) is 21.8 Å². The fourth-order valence-electron chi connectivity index (χ4n) is 3.98. The van der Waals surface area contributed by atoms with Crippen molar-refractivity contribution in [3.8, 4) is 27.6 Å². The highest BCUT2D eigenvalue weighted by molar-refractivity contribution is 7.13. The number of halogens is 1. The first kappa shape index (κ1) is 26.3. The predicted octanol–water partition coefficient (Wildman–Crippen LogP) is 6.01. The minimum Gasteiger partial charge on any atom is -0.482 e. The Kier molecular flexibility index (Phi) is 7.82. The number of amides is 2. The molecule has 0 unspecified atom stereocenters. The van der Waals surface area contributed by atoms with Gasteiger partial charge in [0.1, 0.15) is 5.75 Å². The molecular formula is C27H21ClN6O3S2. The van der Waals surface area contributed by atoms with Crippen molar-refractivity contribution < 1.29 is 14.3 Å². The first-order valence-corrected chi connectivity index (χ1v) is 13.4. The van der Waals surface area contributed by atoms with E-state index < -0.39 is 0 Å². The van der Waals surface area contributed by atoms with Gasteiger partial charge in [0.05, 0.1) is 33.9 Å². The molecule has 2 amide bonds. The molecule has 0 radical (unpaired) electrons. The first-order valence-electron chi connectivity index (χ1n) is 11.6. The zero-order valence-electron chi connectivity index (χ0n) is 20.2. The molecule has 12 heteroatoms. The molecule has 0 bridgehead atoms. The van der Waals surface area contributed by atoms with Crippen LogP contribution in [0.3, 0.4) is 0 Å². The lowest BCUT2D eigenvalue weighted by Gasteiger charge is -2.18. The number of hydrogen-bond donors (Lipinski definition) is 3. The van der Waals surface area contributed by atoms with E-state index in [0.29, 0.717) is 35.2 Å². The minimum absolute atomic E-state index is 0. The zero-order valence-corrected chi connectivity index (χ0v) is 22.7. The van der Waals surface area contributed by atoms with Crippen molar-refractivity contribution in [3.05, 3.63) is 82.6 Å². The van der Waals surface area contributed by atoms with Gasteiger partial charge in [0.2, 0.25) is 11.9 Å². The Hall–Kier alpha value is -4.32. The summed E-state index contributed by atoms with van der Waals surface area (Å²) in [5.41, 5.74) is 6.20. The number of aromatic nitrogens is 3. The molecule has 196 valence electrons. The highest BCUT2D eigenvalue weighted by Crippen LogP contribution is 2.35. The molecule has 39 heavy (non-hydrogen) atoms. The van der Waals surface area contributed by atoms with E-state index in [0.717, 1.165) is 26.7 Å².